The Bertz CT molecular complexity index is 558. The second-order valence-electron chi connectivity index (χ2n) is 4.08. The Morgan fingerprint density at radius 2 is 2.05 bits per heavy atom. The van der Waals surface area contributed by atoms with Crippen molar-refractivity contribution in [1.29, 1.82) is 0 Å². The van der Waals surface area contributed by atoms with E-state index in [9.17, 15) is 0 Å². The Balaban J connectivity index is 2.33. The van der Waals surface area contributed by atoms with Crippen LogP contribution in [0.2, 0.25) is 5.02 Å². The Labute approximate surface area is 117 Å². The van der Waals surface area contributed by atoms with Crippen LogP contribution in [0.3, 0.4) is 0 Å². The lowest BCUT2D eigenvalue weighted by atomic mass is 10.1. The third-order valence-corrected chi connectivity index (χ3v) is 2.90. The molecular formula is C13H16ClN5. The minimum Gasteiger partial charge on any atom is -0.340 e. The first-order chi connectivity index (χ1) is 9.24. The van der Waals surface area contributed by atoms with E-state index in [1.54, 1.807) is 0 Å². The molecule has 0 fully saturated rings. The van der Waals surface area contributed by atoms with Gasteiger partial charge in [0.05, 0.1) is 0 Å². The van der Waals surface area contributed by atoms with Gasteiger partial charge in [0.2, 0.25) is 0 Å². The molecule has 0 aliphatic carbocycles. The van der Waals surface area contributed by atoms with Crippen molar-refractivity contribution in [2.24, 2.45) is 5.84 Å². The minimum absolute atomic E-state index is 0.640. The zero-order chi connectivity index (χ0) is 13.7. The number of hydrazine groups is 1. The molecule has 0 bridgehead atoms. The Hall–Kier alpha value is -1.85. The van der Waals surface area contributed by atoms with Gasteiger partial charge in [-0.05, 0) is 24.6 Å². The van der Waals surface area contributed by atoms with Crippen LogP contribution in [0.1, 0.15) is 18.9 Å². The van der Waals surface area contributed by atoms with Gasteiger partial charge in [0.25, 0.3) is 0 Å². The van der Waals surface area contributed by atoms with Crippen LogP contribution >= 0.6 is 11.6 Å². The average Bonchev–Trinajstić information content (AvgIpc) is 2.41. The summed E-state index contributed by atoms with van der Waals surface area (Å²) < 4.78 is 0. The quantitative estimate of drug-likeness (QED) is 0.578. The van der Waals surface area contributed by atoms with Gasteiger partial charge >= 0.3 is 0 Å². The van der Waals surface area contributed by atoms with Crippen molar-refractivity contribution in [1.82, 2.24) is 9.97 Å². The fraction of sp³-hybridized carbons (Fsp3) is 0.231. The number of nitrogens with two attached hydrogens (primary N) is 1. The van der Waals surface area contributed by atoms with E-state index >= 15 is 0 Å². The molecule has 19 heavy (non-hydrogen) atoms. The number of hydrogen-bond donors (Lipinski definition) is 3. The number of anilines is 3. The lowest BCUT2D eigenvalue weighted by Crippen LogP contribution is -2.13. The zero-order valence-electron chi connectivity index (χ0n) is 10.7. The maximum Gasteiger partial charge on any atom is 0.148 e. The molecule has 5 nitrogen and oxygen atoms in total. The molecule has 2 rings (SSSR count). The summed E-state index contributed by atoms with van der Waals surface area (Å²) in [6.07, 6.45) is 3.29. The molecule has 0 aliphatic rings. The largest absolute Gasteiger partial charge is 0.340 e. The zero-order valence-corrected chi connectivity index (χ0v) is 11.4. The lowest BCUT2D eigenvalue weighted by molar-refractivity contribution is 0.903. The Morgan fingerprint density at radius 3 is 2.74 bits per heavy atom. The van der Waals surface area contributed by atoms with Crippen LogP contribution in [0.5, 0.6) is 0 Å². The average molecular weight is 278 g/mol. The molecular weight excluding hydrogens is 262 g/mol. The highest BCUT2D eigenvalue weighted by atomic mass is 35.5. The van der Waals surface area contributed by atoms with Gasteiger partial charge < -0.3 is 10.7 Å². The van der Waals surface area contributed by atoms with Gasteiger partial charge in [-0.25, -0.2) is 15.8 Å². The molecule has 0 saturated heterocycles. The fourth-order valence-electron chi connectivity index (χ4n) is 1.83. The summed E-state index contributed by atoms with van der Waals surface area (Å²) in [7, 11) is 0. The molecule has 100 valence electrons. The van der Waals surface area contributed by atoms with E-state index in [0.29, 0.717) is 10.8 Å². The summed E-state index contributed by atoms with van der Waals surface area (Å²) in [5, 5.41) is 3.92. The minimum atomic E-state index is 0.640. The van der Waals surface area contributed by atoms with Gasteiger partial charge in [0.1, 0.15) is 18.0 Å². The number of hydrogen-bond acceptors (Lipinski definition) is 5. The van der Waals surface area contributed by atoms with E-state index < -0.39 is 0 Å². The molecule has 0 atom stereocenters. The SMILES string of the molecule is CCCc1c(NN)ncnc1Nc1cccc(Cl)c1. The molecule has 4 N–H and O–H groups in total. The number of nitrogens with zero attached hydrogens (tertiary/aromatic N) is 2. The van der Waals surface area contributed by atoms with Gasteiger partial charge in [0, 0.05) is 16.3 Å². The normalized spacial score (nSPS) is 10.3. The summed E-state index contributed by atoms with van der Waals surface area (Å²) in [5.74, 6) is 6.86. The van der Waals surface area contributed by atoms with Crippen LogP contribution < -0.4 is 16.6 Å². The predicted molar refractivity (Wildman–Crippen MR) is 78.6 cm³/mol. The van der Waals surface area contributed by atoms with Crippen LogP contribution in [0, 0.1) is 0 Å². The summed E-state index contributed by atoms with van der Waals surface area (Å²) in [4.78, 5) is 8.39. The van der Waals surface area contributed by atoms with Crippen molar-refractivity contribution >= 4 is 28.9 Å². The second-order valence-corrected chi connectivity index (χ2v) is 4.52. The van der Waals surface area contributed by atoms with Crippen molar-refractivity contribution in [3.8, 4) is 0 Å². The highest BCUT2D eigenvalue weighted by Crippen LogP contribution is 2.25. The molecule has 1 aromatic heterocycles. The molecule has 0 spiro atoms. The van der Waals surface area contributed by atoms with Crippen molar-refractivity contribution in [2.75, 3.05) is 10.7 Å². The van der Waals surface area contributed by atoms with Crippen LogP contribution in [-0.2, 0) is 6.42 Å². The summed E-state index contributed by atoms with van der Waals surface area (Å²) >= 11 is 5.97. The predicted octanol–water partition coefficient (Wildman–Crippen LogP) is 3.11. The first kappa shape index (κ1) is 13.6. The third-order valence-electron chi connectivity index (χ3n) is 2.67. The summed E-state index contributed by atoms with van der Waals surface area (Å²) in [6, 6.07) is 7.48. The number of nitrogens with one attached hydrogen (secondary N) is 2. The second kappa shape index (κ2) is 6.36. The smallest absolute Gasteiger partial charge is 0.148 e. The molecule has 1 aromatic carbocycles. The molecule has 0 saturated carbocycles. The van der Waals surface area contributed by atoms with E-state index in [0.717, 1.165) is 29.9 Å². The van der Waals surface area contributed by atoms with Crippen molar-refractivity contribution in [3.05, 3.63) is 41.2 Å². The number of halogens is 1. The van der Waals surface area contributed by atoms with Crippen molar-refractivity contribution in [2.45, 2.75) is 19.8 Å². The van der Waals surface area contributed by atoms with E-state index in [4.69, 9.17) is 17.4 Å². The first-order valence-electron chi connectivity index (χ1n) is 6.07. The molecule has 0 radical (unpaired) electrons. The third kappa shape index (κ3) is 3.33. The standard InChI is InChI=1S/C13H16ClN5/c1-2-4-11-12(16-8-17-13(11)19-15)18-10-6-3-5-9(14)7-10/h3,5-8H,2,4,15H2,1H3,(H2,16,17,18,19). The molecule has 0 amide bonds. The van der Waals surface area contributed by atoms with E-state index in [-0.39, 0.29) is 0 Å². The van der Waals surface area contributed by atoms with Crippen LogP contribution in [-0.4, -0.2) is 9.97 Å². The maximum atomic E-state index is 5.97. The van der Waals surface area contributed by atoms with Gasteiger partial charge in [-0.1, -0.05) is 31.0 Å². The van der Waals surface area contributed by atoms with E-state index in [1.807, 2.05) is 24.3 Å². The van der Waals surface area contributed by atoms with Crippen LogP contribution in [0.25, 0.3) is 0 Å². The van der Waals surface area contributed by atoms with Gasteiger partial charge in [-0.15, -0.1) is 0 Å². The molecule has 2 aromatic rings. The molecule has 0 unspecified atom stereocenters. The van der Waals surface area contributed by atoms with Crippen LogP contribution in [0.15, 0.2) is 30.6 Å². The van der Waals surface area contributed by atoms with Crippen LogP contribution in [0.4, 0.5) is 17.3 Å². The van der Waals surface area contributed by atoms with Crippen molar-refractivity contribution in [3.63, 3.8) is 0 Å². The molecule has 0 aliphatic heterocycles. The number of nitrogen functional groups attached to an aromatic ring is 1. The maximum absolute atomic E-state index is 5.97. The molecule has 6 heteroatoms. The van der Waals surface area contributed by atoms with E-state index in [1.165, 1.54) is 6.33 Å². The van der Waals surface area contributed by atoms with Gasteiger partial charge in [-0.2, -0.15) is 0 Å². The molecule has 1 heterocycles. The summed E-state index contributed by atoms with van der Waals surface area (Å²) in [5.41, 5.74) is 4.45. The highest BCUT2D eigenvalue weighted by molar-refractivity contribution is 6.30. The fourth-order valence-corrected chi connectivity index (χ4v) is 2.02. The lowest BCUT2D eigenvalue weighted by Gasteiger charge is -2.13. The van der Waals surface area contributed by atoms with Crippen molar-refractivity contribution < 1.29 is 0 Å². The topological polar surface area (TPSA) is 75.9 Å². The number of rotatable bonds is 5. The van der Waals surface area contributed by atoms with E-state index in [2.05, 4.69) is 27.6 Å². The Kier molecular flexibility index (Phi) is 4.54. The highest BCUT2D eigenvalue weighted by Gasteiger charge is 2.10. The monoisotopic (exact) mass is 277 g/mol. The summed E-state index contributed by atoms with van der Waals surface area (Å²) in [6.45, 7) is 2.09. The Morgan fingerprint density at radius 1 is 1.26 bits per heavy atom. The first-order valence-corrected chi connectivity index (χ1v) is 6.45. The van der Waals surface area contributed by atoms with Gasteiger partial charge in [-0.3, -0.25) is 0 Å². The number of aromatic nitrogens is 2. The number of benzene rings is 1. The van der Waals surface area contributed by atoms with Gasteiger partial charge in [0.15, 0.2) is 0 Å².